The fraction of sp³-hybridized carbons (Fsp3) is 0.385. The zero-order valence-electron chi connectivity index (χ0n) is 11.5. The van der Waals surface area contributed by atoms with Crippen molar-refractivity contribution in [1.29, 1.82) is 0 Å². The summed E-state index contributed by atoms with van der Waals surface area (Å²) in [6.07, 6.45) is -0.287. The Labute approximate surface area is 125 Å². The number of hydrogen-bond donors (Lipinski definition) is 1. The number of hydrogen-bond acceptors (Lipinski definition) is 7. The van der Waals surface area contributed by atoms with Crippen LogP contribution in [0.25, 0.3) is 0 Å². The predicted octanol–water partition coefficient (Wildman–Crippen LogP) is 1.04. The summed E-state index contributed by atoms with van der Waals surface area (Å²) in [7, 11) is 0. The van der Waals surface area contributed by atoms with Gasteiger partial charge in [0.1, 0.15) is 23.4 Å². The summed E-state index contributed by atoms with van der Waals surface area (Å²) in [5, 5.41) is 1.75. The van der Waals surface area contributed by atoms with E-state index in [9.17, 15) is 4.79 Å². The highest BCUT2D eigenvalue weighted by atomic mass is 32.1. The number of carbonyl (C=O) groups excluding carboxylic acids is 1. The van der Waals surface area contributed by atoms with Crippen LogP contribution in [0.3, 0.4) is 0 Å². The molecule has 110 valence electrons. The van der Waals surface area contributed by atoms with E-state index in [0.717, 1.165) is 0 Å². The average Bonchev–Trinajstić information content (AvgIpc) is 3.00. The fourth-order valence-electron chi connectivity index (χ4n) is 2.27. The van der Waals surface area contributed by atoms with Crippen LogP contribution in [0.4, 0.5) is 5.82 Å². The second kappa shape index (κ2) is 5.74. The Morgan fingerprint density at radius 3 is 3.10 bits per heavy atom. The summed E-state index contributed by atoms with van der Waals surface area (Å²) in [5.74, 6) is 0.920. The number of thiazole rings is 1. The summed E-state index contributed by atoms with van der Waals surface area (Å²) in [6.45, 7) is 3.23. The molecule has 0 bridgehead atoms. The molecule has 1 atom stereocenters. The lowest BCUT2D eigenvalue weighted by Gasteiger charge is -2.32. The summed E-state index contributed by atoms with van der Waals surface area (Å²) in [4.78, 5) is 26.5. The van der Waals surface area contributed by atoms with E-state index in [1.807, 2.05) is 0 Å². The van der Waals surface area contributed by atoms with Gasteiger partial charge >= 0.3 is 0 Å². The van der Waals surface area contributed by atoms with Gasteiger partial charge in [-0.25, -0.2) is 15.0 Å². The van der Waals surface area contributed by atoms with Gasteiger partial charge in [-0.3, -0.25) is 4.79 Å². The second-order valence-electron chi connectivity index (χ2n) is 4.75. The predicted molar refractivity (Wildman–Crippen MR) is 77.9 cm³/mol. The van der Waals surface area contributed by atoms with E-state index >= 15 is 0 Å². The maximum Gasteiger partial charge on any atom is 0.273 e. The third-order valence-corrected chi connectivity index (χ3v) is 3.80. The standard InChI is InChI=1S/C13H15N5O2S/c1-8-16-9(4-12(14)17-8)11-5-18(2-3-20-11)13(19)10-6-21-7-15-10/h4,6-7,11H,2-3,5H2,1H3,(H2,14,16,17)/t11-/m1/s1. The number of rotatable bonds is 2. The van der Waals surface area contributed by atoms with Crippen molar-refractivity contribution in [3.8, 4) is 0 Å². The first-order chi connectivity index (χ1) is 10.1. The zero-order chi connectivity index (χ0) is 14.8. The molecular formula is C13H15N5O2S. The van der Waals surface area contributed by atoms with E-state index in [4.69, 9.17) is 10.5 Å². The van der Waals surface area contributed by atoms with Gasteiger partial charge in [-0.1, -0.05) is 0 Å². The van der Waals surface area contributed by atoms with Gasteiger partial charge in [0.15, 0.2) is 0 Å². The Hall–Kier alpha value is -2.06. The Balaban J connectivity index is 1.78. The van der Waals surface area contributed by atoms with Crippen molar-refractivity contribution in [2.24, 2.45) is 0 Å². The number of carbonyl (C=O) groups is 1. The Morgan fingerprint density at radius 1 is 1.52 bits per heavy atom. The van der Waals surface area contributed by atoms with Crippen LogP contribution in [0, 0.1) is 6.92 Å². The molecule has 0 spiro atoms. The lowest BCUT2D eigenvalue weighted by molar-refractivity contribution is -0.0249. The molecule has 1 aliphatic rings. The van der Waals surface area contributed by atoms with Crippen molar-refractivity contribution >= 4 is 23.1 Å². The van der Waals surface area contributed by atoms with Gasteiger partial charge in [0.2, 0.25) is 0 Å². The van der Waals surface area contributed by atoms with Crippen LogP contribution in [-0.2, 0) is 4.74 Å². The largest absolute Gasteiger partial charge is 0.384 e. The van der Waals surface area contributed by atoms with Gasteiger partial charge < -0.3 is 15.4 Å². The van der Waals surface area contributed by atoms with Gasteiger partial charge in [-0.05, 0) is 6.92 Å². The van der Waals surface area contributed by atoms with Crippen molar-refractivity contribution in [2.75, 3.05) is 25.4 Å². The minimum atomic E-state index is -0.287. The first kappa shape index (κ1) is 13.9. The summed E-state index contributed by atoms with van der Waals surface area (Å²) >= 11 is 1.41. The van der Waals surface area contributed by atoms with Gasteiger partial charge in [0.25, 0.3) is 5.91 Å². The number of nitrogens with two attached hydrogens (primary N) is 1. The molecule has 0 radical (unpaired) electrons. The normalized spacial score (nSPS) is 18.7. The van der Waals surface area contributed by atoms with Gasteiger partial charge in [0.05, 0.1) is 24.4 Å². The highest BCUT2D eigenvalue weighted by Gasteiger charge is 2.28. The molecule has 8 heteroatoms. The van der Waals surface area contributed by atoms with Crippen molar-refractivity contribution < 1.29 is 9.53 Å². The highest BCUT2D eigenvalue weighted by Crippen LogP contribution is 2.23. The number of amides is 1. The Bertz CT molecular complexity index is 626. The molecule has 7 nitrogen and oxygen atoms in total. The molecule has 3 heterocycles. The average molecular weight is 305 g/mol. The van der Waals surface area contributed by atoms with Crippen LogP contribution in [0.2, 0.25) is 0 Å². The number of nitrogens with zero attached hydrogens (tertiary/aromatic N) is 4. The smallest absolute Gasteiger partial charge is 0.273 e. The molecule has 1 aliphatic heterocycles. The number of aromatic nitrogens is 3. The Morgan fingerprint density at radius 2 is 2.38 bits per heavy atom. The number of morpholine rings is 1. The summed E-state index contributed by atoms with van der Waals surface area (Å²) < 4.78 is 5.71. The quantitative estimate of drug-likeness (QED) is 0.891. The monoisotopic (exact) mass is 305 g/mol. The van der Waals surface area contributed by atoms with E-state index in [0.29, 0.717) is 42.7 Å². The number of anilines is 1. The third kappa shape index (κ3) is 3.01. The lowest BCUT2D eigenvalue weighted by Crippen LogP contribution is -2.42. The van der Waals surface area contributed by atoms with E-state index in [-0.39, 0.29) is 12.0 Å². The molecule has 0 aliphatic carbocycles. The molecular weight excluding hydrogens is 290 g/mol. The van der Waals surface area contributed by atoms with Crippen molar-refractivity contribution in [3.63, 3.8) is 0 Å². The van der Waals surface area contributed by atoms with Crippen LogP contribution in [0.1, 0.15) is 28.1 Å². The minimum absolute atomic E-state index is 0.0803. The molecule has 21 heavy (non-hydrogen) atoms. The van der Waals surface area contributed by atoms with Crippen LogP contribution < -0.4 is 5.73 Å². The molecule has 0 aromatic carbocycles. The van der Waals surface area contributed by atoms with E-state index < -0.39 is 0 Å². The molecule has 3 rings (SSSR count). The van der Waals surface area contributed by atoms with Crippen molar-refractivity contribution in [1.82, 2.24) is 19.9 Å². The number of aryl methyl sites for hydroxylation is 1. The van der Waals surface area contributed by atoms with Crippen LogP contribution in [0.15, 0.2) is 17.0 Å². The van der Waals surface area contributed by atoms with Crippen LogP contribution in [0.5, 0.6) is 0 Å². The topological polar surface area (TPSA) is 94.2 Å². The lowest BCUT2D eigenvalue weighted by atomic mass is 10.2. The summed E-state index contributed by atoms with van der Waals surface area (Å²) in [5.41, 5.74) is 8.57. The van der Waals surface area contributed by atoms with Crippen molar-refractivity contribution in [2.45, 2.75) is 13.0 Å². The fourth-order valence-corrected chi connectivity index (χ4v) is 2.80. The van der Waals surface area contributed by atoms with E-state index in [2.05, 4.69) is 15.0 Å². The van der Waals surface area contributed by atoms with Crippen molar-refractivity contribution in [3.05, 3.63) is 34.2 Å². The molecule has 2 N–H and O–H groups in total. The van der Waals surface area contributed by atoms with E-state index in [1.54, 1.807) is 28.8 Å². The molecule has 0 unspecified atom stereocenters. The number of ether oxygens (including phenoxy) is 1. The summed E-state index contributed by atoms with van der Waals surface area (Å²) in [6, 6.07) is 1.69. The zero-order valence-corrected chi connectivity index (χ0v) is 12.3. The van der Waals surface area contributed by atoms with Gasteiger partial charge in [-0.2, -0.15) is 0 Å². The highest BCUT2D eigenvalue weighted by molar-refractivity contribution is 7.07. The third-order valence-electron chi connectivity index (χ3n) is 3.21. The second-order valence-corrected chi connectivity index (χ2v) is 5.47. The molecule has 1 amide bonds. The number of nitrogen functional groups attached to an aromatic ring is 1. The first-order valence-corrected chi connectivity index (χ1v) is 7.48. The molecule has 1 fully saturated rings. The van der Waals surface area contributed by atoms with Crippen LogP contribution in [-0.4, -0.2) is 45.5 Å². The maximum atomic E-state index is 12.3. The van der Waals surface area contributed by atoms with Gasteiger partial charge in [-0.15, -0.1) is 11.3 Å². The van der Waals surface area contributed by atoms with Gasteiger partial charge in [0, 0.05) is 18.0 Å². The molecule has 1 saturated heterocycles. The Kier molecular flexibility index (Phi) is 3.80. The molecule has 2 aromatic heterocycles. The first-order valence-electron chi connectivity index (χ1n) is 6.53. The van der Waals surface area contributed by atoms with E-state index in [1.165, 1.54) is 11.3 Å². The van der Waals surface area contributed by atoms with Crippen LogP contribution >= 0.6 is 11.3 Å². The molecule has 0 saturated carbocycles. The molecule has 2 aromatic rings. The minimum Gasteiger partial charge on any atom is -0.384 e. The SMILES string of the molecule is Cc1nc(N)cc([C@H]2CN(C(=O)c3cscn3)CCO2)n1. The maximum absolute atomic E-state index is 12.3.